The van der Waals surface area contributed by atoms with E-state index in [0.717, 1.165) is 43.6 Å². The summed E-state index contributed by atoms with van der Waals surface area (Å²) in [5, 5.41) is 9.19. The van der Waals surface area contributed by atoms with E-state index in [1.807, 2.05) is 31.2 Å². The van der Waals surface area contributed by atoms with Gasteiger partial charge in [-0.1, -0.05) is 19.1 Å². The topological polar surface area (TPSA) is 79.5 Å². The fraction of sp³-hybridized carbons (Fsp3) is 0.579. The number of nitrogens with one attached hydrogen (secondary N) is 3. The summed E-state index contributed by atoms with van der Waals surface area (Å²) in [4.78, 5) is 24.3. The number of anilines is 1. The maximum atomic E-state index is 12.7. The van der Waals surface area contributed by atoms with Crippen LogP contribution in [0.1, 0.15) is 38.2 Å². The number of carbonyl (C=O) groups is 2. The molecule has 1 aliphatic heterocycles. The summed E-state index contributed by atoms with van der Waals surface area (Å²) < 4.78 is 5.30. The minimum Gasteiger partial charge on any atom is -0.384 e. The molecule has 6 nitrogen and oxygen atoms in total. The van der Waals surface area contributed by atoms with Crippen LogP contribution in [0.3, 0.4) is 0 Å². The van der Waals surface area contributed by atoms with E-state index in [2.05, 4.69) is 16.0 Å². The average molecular weight is 384 g/mol. The van der Waals surface area contributed by atoms with Crippen molar-refractivity contribution in [1.82, 2.24) is 10.6 Å². The lowest BCUT2D eigenvalue weighted by atomic mass is 9.78. The largest absolute Gasteiger partial charge is 0.384 e. The van der Waals surface area contributed by atoms with E-state index in [-0.39, 0.29) is 24.2 Å². The Labute approximate surface area is 161 Å². The normalized spacial score (nSPS) is 15.6. The highest BCUT2D eigenvalue weighted by Crippen LogP contribution is 2.29. The minimum absolute atomic E-state index is 0. The molecule has 3 N–H and O–H groups in total. The molecule has 0 spiro atoms. The van der Waals surface area contributed by atoms with Crippen LogP contribution in [-0.2, 0) is 20.9 Å². The van der Waals surface area contributed by atoms with Crippen molar-refractivity contribution in [3.63, 3.8) is 0 Å². The van der Waals surface area contributed by atoms with Gasteiger partial charge in [-0.25, -0.2) is 0 Å². The summed E-state index contributed by atoms with van der Waals surface area (Å²) in [5.41, 5.74) is 1.35. The Morgan fingerprint density at radius 2 is 1.85 bits per heavy atom. The number of halogens is 1. The predicted octanol–water partition coefficient (Wildman–Crippen LogP) is 2.48. The van der Waals surface area contributed by atoms with Crippen molar-refractivity contribution in [3.8, 4) is 0 Å². The molecule has 1 fully saturated rings. The molecule has 1 saturated heterocycles. The first-order chi connectivity index (χ1) is 12.1. The minimum atomic E-state index is -0.436. The van der Waals surface area contributed by atoms with E-state index in [0.29, 0.717) is 19.6 Å². The van der Waals surface area contributed by atoms with Crippen LogP contribution < -0.4 is 16.0 Å². The Morgan fingerprint density at radius 1 is 1.19 bits per heavy atom. The first kappa shape index (κ1) is 22.4. The summed E-state index contributed by atoms with van der Waals surface area (Å²) in [5.74, 6) is 0.0761. The molecule has 146 valence electrons. The molecule has 0 aromatic heterocycles. The maximum absolute atomic E-state index is 12.7. The third kappa shape index (κ3) is 6.27. The SMILES string of the molecule is CCCC(=O)Nc1ccc(CNC(=O)C2(COC)CCNCC2)cc1.Cl. The van der Waals surface area contributed by atoms with Crippen LogP contribution in [0.5, 0.6) is 0 Å². The number of ether oxygens (including phenoxy) is 1. The van der Waals surface area contributed by atoms with Crippen molar-refractivity contribution >= 4 is 29.9 Å². The van der Waals surface area contributed by atoms with Gasteiger partial charge in [-0.3, -0.25) is 9.59 Å². The molecular formula is C19H30ClN3O3. The van der Waals surface area contributed by atoms with Crippen LogP contribution in [0.15, 0.2) is 24.3 Å². The highest BCUT2D eigenvalue weighted by Gasteiger charge is 2.39. The van der Waals surface area contributed by atoms with Gasteiger partial charge in [0.2, 0.25) is 11.8 Å². The molecule has 7 heteroatoms. The van der Waals surface area contributed by atoms with Gasteiger partial charge in [0.1, 0.15) is 0 Å². The quantitative estimate of drug-likeness (QED) is 0.644. The van der Waals surface area contributed by atoms with Gasteiger partial charge < -0.3 is 20.7 Å². The van der Waals surface area contributed by atoms with Crippen molar-refractivity contribution < 1.29 is 14.3 Å². The van der Waals surface area contributed by atoms with Crippen LogP contribution in [0, 0.1) is 5.41 Å². The fourth-order valence-electron chi connectivity index (χ4n) is 3.14. The lowest BCUT2D eigenvalue weighted by Gasteiger charge is -2.35. The summed E-state index contributed by atoms with van der Waals surface area (Å²) in [7, 11) is 1.64. The number of piperidine rings is 1. The Kier molecular flexibility index (Phi) is 9.62. The molecule has 0 bridgehead atoms. The second-order valence-electron chi connectivity index (χ2n) is 6.64. The van der Waals surface area contributed by atoms with E-state index in [9.17, 15) is 9.59 Å². The van der Waals surface area contributed by atoms with E-state index in [4.69, 9.17) is 4.74 Å². The maximum Gasteiger partial charge on any atom is 0.228 e. The van der Waals surface area contributed by atoms with Crippen molar-refractivity contribution in [1.29, 1.82) is 0 Å². The van der Waals surface area contributed by atoms with Crippen LogP contribution >= 0.6 is 12.4 Å². The molecule has 0 atom stereocenters. The monoisotopic (exact) mass is 383 g/mol. The van der Waals surface area contributed by atoms with Crippen LogP contribution in [0.25, 0.3) is 0 Å². The third-order valence-electron chi connectivity index (χ3n) is 4.63. The highest BCUT2D eigenvalue weighted by molar-refractivity contribution is 5.90. The average Bonchev–Trinajstić information content (AvgIpc) is 2.62. The zero-order valence-corrected chi connectivity index (χ0v) is 16.4. The van der Waals surface area contributed by atoms with Gasteiger partial charge in [0.25, 0.3) is 0 Å². The second-order valence-corrected chi connectivity index (χ2v) is 6.64. The summed E-state index contributed by atoms with van der Waals surface area (Å²) >= 11 is 0. The highest BCUT2D eigenvalue weighted by atomic mass is 35.5. The number of benzene rings is 1. The molecule has 1 aromatic carbocycles. The van der Waals surface area contributed by atoms with Gasteiger partial charge in [-0.05, 0) is 50.0 Å². The van der Waals surface area contributed by atoms with Crippen LogP contribution in [-0.4, -0.2) is 38.6 Å². The molecule has 2 rings (SSSR count). The number of methoxy groups -OCH3 is 1. The first-order valence-corrected chi connectivity index (χ1v) is 8.96. The fourth-order valence-corrected chi connectivity index (χ4v) is 3.14. The Balaban J connectivity index is 0.00000338. The van der Waals surface area contributed by atoms with Crippen molar-refractivity contribution in [3.05, 3.63) is 29.8 Å². The van der Waals surface area contributed by atoms with Gasteiger partial charge in [-0.2, -0.15) is 0 Å². The number of carbonyl (C=O) groups excluding carboxylic acids is 2. The molecular weight excluding hydrogens is 354 g/mol. The molecule has 26 heavy (non-hydrogen) atoms. The molecule has 0 unspecified atom stereocenters. The molecule has 1 heterocycles. The predicted molar refractivity (Wildman–Crippen MR) is 105 cm³/mol. The second kappa shape index (κ2) is 11.2. The zero-order valence-electron chi connectivity index (χ0n) is 15.6. The Morgan fingerprint density at radius 3 is 2.42 bits per heavy atom. The van der Waals surface area contributed by atoms with Gasteiger partial charge in [-0.15, -0.1) is 12.4 Å². The number of amides is 2. The third-order valence-corrected chi connectivity index (χ3v) is 4.63. The summed E-state index contributed by atoms with van der Waals surface area (Å²) in [6.07, 6.45) is 2.92. The molecule has 0 saturated carbocycles. The standard InChI is InChI=1S/C19H29N3O3.ClH/c1-3-4-17(23)22-16-7-5-15(6-8-16)13-21-18(24)19(14-25-2)9-11-20-12-10-19;/h5-8,20H,3-4,9-14H2,1-2H3,(H,21,24)(H,22,23);1H. The lowest BCUT2D eigenvalue weighted by Crippen LogP contribution is -2.49. The lowest BCUT2D eigenvalue weighted by molar-refractivity contribution is -0.136. The van der Waals surface area contributed by atoms with E-state index >= 15 is 0 Å². The van der Waals surface area contributed by atoms with Gasteiger partial charge >= 0.3 is 0 Å². The van der Waals surface area contributed by atoms with Gasteiger partial charge in [0.15, 0.2) is 0 Å². The summed E-state index contributed by atoms with van der Waals surface area (Å²) in [6, 6.07) is 7.58. The van der Waals surface area contributed by atoms with E-state index in [1.54, 1.807) is 7.11 Å². The Bertz CT molecular complexity index is 566. The van der Waals surface area contributed by atoms with Crippen molar-refractivity contribution in [2.24, 2.45) is 5.41 Å². The Hall–Kier alpha value is -1.63. The smallest absolute Gasteiger partial charge is 0.228 e. The van der Waals surface area contributed by atoms with Crippen molar-refractivity contribution in [2.75, 3.05) is 32.1 Å². The molecule has 1 aromatic rings. The number of rotatable bonds is 8. The van der Waals surface area contributed by atoms with Crippen molar-refractivity contribution in [2.45, 2.75) is 39.2 Å². The summed E-state index contributed by atoms with van der Waals surface area (Å²) in [6.45, 7) is 4.57. The zero-order chi connectivity index (χ0) is 18.1. The number of hydrogen-bond acceptors (Lipinski definition) is 4. The van der Waals surface area contributed by atoms with Crippen LogP contribution in [0.4, 0.5) is 5.69 Å². The van der Waals surface area contributed by atoms with E-state index < -0.39 is 5.41 Å². The molecule has 0 radical (unpaired) electrons. The molecule has 2 amide bonds. The number of hydrogen-bond donors (Lipinski definition) is 3. The molecule has 1 aliphatic rings. The first-order valence-electron chi connectivity index (χ1n) is 8.96. The van der Waals surface area contributed by atoms with Gasteiger partial charge in [0.05, 0.1) is 12.0 Å². The van der Waals surface area contributed by atoms with Crippen LogP contribution in [0.2, 0.25) is 0 Å². The van der Waals surface area contributed by atoms with Gasteiger partial charge in [0, 0.05) is 25.8 Å². The van der Waals surface area contributed by atoms with E-state index in [1.165, 1.54) is 0 Å². The molecule has 0 aliphatic carbocycles.